The van der Waals surface area contributed by atoms with Crippen molar-refractivity contribution in [1.29, 1.82) is 0 Å². The summed E-state index contributed by atoms with van der Waals surface area (Å²) in [6, 6.07) is 10.5. The molecule has 1 aromatic carbocycles. The Morgan fingerprint density at radius 3 is 2.62 bits per heavy atom. The minimum atomic E-state index is 0. The third-order valence-electron chi connectivity index (χ3n) is 4.26. The number of hydrogen-bond donors (Lipinski definition) is 2. The molecule has 2 aromatic rings. The molecule has 0 aliphatic carbocycles. The Kier molecular flexibility index (Phi) is 13.9. The van der Waals surface area contributed by atoms with Gasteiger partial charge in [-0.25, -0.2) is 9.98 Å². The van der Waals surface area contributed by atoms with E-state index in [0.29, 0.717) is 12.5 Å². The highest BCUT2D eigenvalue weighted by molar-refractivity contribution is 14.0. The summed E-state index contributed by atoms with van der Waals surface area (Å²) in [6.45, 7) is 10.4. The quantitative estimate of drug-likeness (QED) is 0.176. The number of ether oxygens (including phenoxy) is 1. The molecule has 0 bridgehead atoms. The number of aliphatic imine (C=N–C) groups is 1. The van der Waals surface area contributed by atoms with E-state index in [1.807, 2.05) is 6.07 Å². The molecule has 29 heavy (non-hydrogen) atoms. The van der Waals surface area contributed by atoms with Gasteiger partial charge in [0.25, 0.3) is 0 Å². The molecule has 0 aliphatic rings. The SMILES string of the molecule is CCNC(=NCc1nc(C(C)C)cs1)NCCCCOCCc1ccccc1.I. The van der Waals surface area contributed by atoms with Crippen molar-refractivity contribution in [1.82, 2.24) is 15.6 Å². The summed E-state index contributed by atoms with van der Waals surface area (Å²) in [5, 5.41) is 9.89. The summed E-state index contributed by atoms with van der Waals surface area (Å²) in [4.78, 5) is 9.29. The smallest absolute Gasteiger partial charge is 0.191 e. The van der Waals surface area contributed by atoms with Gasteiger partial charge in [-0.2, -0.15) is 0 Å². The van der Waals surface area contributed by atoms with Gasteiger partial charge >= 0.3 is 0 Å². The first-order valence-corrected chi connectivity index (χ1v) is 11.1. The third kappa shape index (κ3) is 11.0. The minimum absolute atomic E-state index is 0. The van der Waals surface area contributed by atoms with E-state index in [1.54, 1.807) is 11.3 Å². The highest BCUT2D eigenvalue weighted by atomic mass is 127. The standard InChI is InChI=1S/C22H34N4OS.HI/c1-4-23-22(25-16-21-26-20(17-28-21)18(2)3)24-13-8-9-14-27-15-12-19-10-6-5-7-11-19;/h5-7,10-11,17-18H,4,8-9,12-16H2,1-3H3,(H2,23,24,25);1H. The van der Waals surface area contributed by atoms with E-state index in [1.165, 1.54) is 5.56 Å². The van der Waals surface area contributed by atoms with Crippen LogP contribution in [0.2, 0.25) is 0 Å². The molecule has 0 saturated carbocycles. The molecule has 0 unspecified atom stereocenters. The van der Waals surface area contributed by atoms with Crippen molar-refractivity contribution < 1.29 is 4.74 Å². The van der Waals surface area contributed by atoms with Crippen LogP contribution >= 0.6 is 35.3 Å². The number of guanidine groups is 1. The zero-order valence-electron chi connectivity index (χ0n) is 17.8. The number of halogens is 1. The van der Waals surface area contributed by atoms with Crippen molar-refractivity contribution in [3.8, 4) is 0 Å². The first-order chi connectivity index (χ1) is 13.7. The Labute approximate surface area is 196 Å². The highest BCUT2D eigenvalue weighted by Crippen LogP contribution is 2.18. The average molecular weight is 531 g/mol. The molecular formula is C22H35IN4OS. The van der Waals surface area contributed by atoms with Crippen LogP contribution < -0.4 is 10.6 Å². The van der Waals surface area contributed by atoms with Gasteiger partial charge < -0.3 is 15.4 Å². The fourth-order valence-corrected chi connectivity index (χ4v) is 3.50. The van der Waals surface area contributed by atoms with Gasteiger partial charge in [-0.1, -0.05) is 44.2 Å². The monoisotopic (exact) mass is 530 g/mol. The van der Waals surface area contributed by atoms with Gasteiger partial charge in [0.2, 0.25) is 0 Å². The zero-order chi connectivity index (χ0) is 20.0. The number of hydrogen-bond acceptors (Lipinski definition) is 4. The first-order valence-electron chi connectivity index (χ1n) is 10.3. The van der Waals surface area contributed by atoms with Gasteiger partial charge in [-0.3, -0.25) is 0 Å². The van der Waals surface area contributed by atoms with Gasteiger partial charge in [0, 0.05) is 25.1 Å². The number of unbranched alkanes of at least 4 members (excludes halogenated alkanes) is 1. The topological polar surface area (TPSA) is 58.5 Å². The Bertz CT molecular complexity index is 691. The average Bonchev–Trinajstić information content (AvgIpc) is 3.18. The molecule has 5 nitrogen and oxygen atoms in total. The van der Waals surface area contributed by atoms with Crippen LogP contribution in [-0.2, 0) is 17.7 Å². The largest absolute Gasteiger partial charge is 0.381 e. The van der Waals surface area contributed by atoms with Gasteiger partial charge in [-0.15, -0.1) is 35.3 Å². The zero-order valence-corrected chi connectivity index (χ0v) is 21.0. The normalized spacial score (nSPS) is 11.4. The summed E-state index contributed by atoms with van der Waals surface area (Å²) >= 11 is 1.69. The molecule has 0 saturated heterocycles. The number of aromatic nitrogens is 1. The van der Waals surface area contributed by atoms with Crippen LogP contribution in [0.4, 0.5) is 0 Å². The number of thiazole rings is 1. The lowest BCUT2D eigenvalue weighted by Gasteiger charge is -2.11. The van der Waals surface area contributed by atoms with Crippen molar-refractivity contribution in [3.63, 3.8) is 0 Å². The van der Waals surface area contributed by atoms with Crippen LogP contribution in [-0.4, -0.2) is 37.2 Å². The molecule has 162 valence electrons. The second kappa shape index (κ2) is 15.6. The van der Waals surface area contributed by atoms with Crippen molar-refractivity contribution in [2.24, 2.45) is 4.99 Å². The molecule has 7 heteroatoms. The molecule has 1 aromatic heterocycles. The fourth-order valence-electron chi connectivity index (χ4n) is 2.62. The number of rotatable bonds is 12. The maximum Gasteiger partial charge on any atom is 0.191 e. The maximum atomic E-state index is 5.74. The summed E-state index contributed by atoms with van der Waals surface area (Å²) in [5.74, 6) is 1.32. The van der Waals surface area contributed by atoms with Crippen LogP contribution in [0.15, 0.2) is 40.7 Å². The van der Waals surface area contributed by atoms with Crippen LogP contribution in [0.25, 0.3) is 0 Å². The van der Waals surface area contributed by atoms with E-state index in [4.69, 9.17) is 4.74 Å². The molecule has 0 radical (unpaired) electrons. The lowest BCUT2D eigenvalue weighted by molar-refractivity contribution is 0.133. The Hall–Kier alpha value is -1.19. The van der Waals surface area contributed by atoms with Crippen LogP contribution in [0.3, 0.4) is 0 Å². The van der Waals surface area contributed by atoms with E-state index in [0.717, 1.165) is 62.2 Å². The van der Waals surface area contributed by atoms with Gasteiger partial charge in [0.05, 0.1) is 18.8 Å². The molecule has 0 aliphatic heterocycles. The second-order valence-corrected chi connectivity index (χ2v) is 7.94. The molecule has 0 amide bonds. The summed E-state index contributed by atoms with van der Waals surface area (Å²) in [6.07, 6.45) is 3.08. The number of nitrogens with zero attached hydrogens (tertiary/aromatic N) is 2. The van der Waals surface area contributed by atoms with E-state index < -0.39 is 0 Å². The number of nitrogens with one attached hydrogen (secondary N) is 2. The van der Waals surface area contributed by atoms with Gasteiger partial charge in [-0.05, 0) is 37.7 Å². The lowest BCUT2D eigenvalue weighted by Crippen LogP contribution is -2.37. The Balaban J connectivity index is 0.00000420. The number of benzene rings is 1. The molecule has 0 spiro atoms. The van der Waals surface area contributed by atoms with Crippen LogP contribution in [0.1, 0.15) is 55.8 Å². The molecular weight excluding hydrogens is 495 g/mol. The summed E-state index contributed by atoms with van der Waals surface area (Å²) in [7, 11) is 0. The second-order valence-electron chi connectivity index (χ2n) is 7.00. The van der Waals surface area contributed by atoms with E-state index in [-0.39, 0.29) is 24.0 Å². The van der Waals surface area contributed by atoms with E-state index in [2.05, 4.69) is 71.0 Å². The highest BCUT2D eigenvalue weighted by Gasteiger charge is 2.05. The van der Waals surface area contributed by atoms with E-state index >= 15 is 0 Å². The van der Waals surface area contributed by atoms with Crippen LogP contribution in [0.5, 0.6) is 0 Å². The minimum Gasteiger partial charge on any atom is -0.381 e. The Morgan fingerprint density at radius 2 is 1.93 bits per heavy atom. The lowest BCUT2D eigenvalue weighted by atomic mass is 10.2. The maximum absolute atomic E-state index is 5.74. The van der Waals surface area contributed by atoms with Crippen molar-refractivity contribution in [2.45, 2.75) is 52.5 Å². The summed E-state index contributed by atoms with van der Waals surface area (Å²) in [5.41, 5.74) is 2.48. The third-order valence-corrected chi connectivity index (χ3v) is 5.12. The summed E-state index contributed by atoms with van der Waals surface area (Å²) < 4.78 is 5.74. The van der Waals surface area contributed by atoms with Crippen molar-refractivity contribution in [3.05, 3.63) is 52.0 Å². The molecule has 1 heterocycles. The van der Waals surface area contributed by atoms with Crippen molar-refractivity contribution >= 4 is 41.3 Å². The fraction of sp³-hybridized carbons (Fsp3) is 0.545. The molecule has 0 fully saturated rings. The molecule has 2 N–H and O–H groups in total. The molecule has 0 atom stereocenters. The van der Waals surface area contributed by atoms with E-state index in [9.17, 15) is 0 Å². The predicted octanol–water partition coefficient (Wildman–Crippen LogP) is 4.98. The predicted molar refractivity (Wildman–Crippen MR) is 135 cm³/mol. The van der Waals surface area contributed by atoms with Crippen LogP contribution in [0, 0.1) is 0 Å². The van der Waals surface area contributed by atoms with Gasteiger partial charge in [0.1, 0.15) is 5.01 Å². The molecule has 2 rings (SSSR count). The first kappa shape index (κ1) is 25.8. The van der Waals surface area contributed by atoms with Crippen molar-refractivity contribution in [2.75, 3.05) is 26.3 Å². The van der Waals surface area contributed by atoms with Gasteiger partial charge in [0.15, 0.2) is 5.96 Å². The Morgan fingerprint density at radius 1 is 1.14 bits per heavy atom.